The van der Waals surface area contributed by atoms with Gasteiger partial charge in [-0.25, -0.2) is 4.98 Å². The van der Waals surface area contributed by atoms with Crippen LogP contribution < -0.4 is 5.32 Å². The SMILES string of the molecule is CC(NC(=C[N+](=O)[O-])N(C)C)c1ccc(Cl)nc1. The molecule has 1 heterocycles. The van der Waals surface area contributed by atoms with Crippen molar-refractivity contribution in [2.45, 2.75) is 13.0 Å². The number of nitrogens with zero attached hydrogens (tertiary/aromatic N) is 3. The first-order chi connectivity index (χ1) is 8.40. The largest absolute Gasteiger partial charge is 0.360 e. The van der Waals surface area contributed by atoms with Gasteiger partial charge in [-0.1, -0.05) is 17.7 Å². The second-order valence-electron chi connectivity index (χ2n) is 3.97. The van der Waals surface area contributed by atoms with Crippen LogP contribution in [0.2, 0.25) is 5.15 Å². The summed E-state index contributed by atoms with van der Waals surface area (Å²) in [6, 6.07) is 3.40. The maximum atomic E-state index is 10.5. The molecular formula is C11H15ClN4O2. The smallest absolute Gasteiger partial charge is 0.274 e. The molecule has 1 atom stereocenters. The van der Waals surface area contributed by atoms with E-state index in [0.29, 0.717) is 11.0 Å². The Balaban J connectivity index is 2.81. The van der Waals surface area contributed by atoms with Crippen molar-refractivity contribution in [2.24, 2.45) is 0 Å². The lowest BCUT2D eigenvalue weighted by atomic mass is 10.1. The van der Waals surface area contributed by atoms with Gasteiger partial charge in [-0.05, 0) is 18.6 Å². The zero-order valence-corrected chi connectivity index (χ0v) is 11.2. The molecule has 0 aromatic carbocycles. The van der Waals surface area contributed by atoms with Gasteiger partial charge in [-0.15, -0.1) is 0 Å². The van der Waals surface area contributed by atoms with Crippen molar-refractivity contribution < 1.29 is 4.92 Å². The van der Waals surface area contributed by atoms with E-state index in [1.165, 1.54) is 0 Å². The van der Waals surface area contributed by atoms with E-state index in [1.54, 1.807) is 31.3 Å². The number of pyridine rings is 1. The van der Waals surface area contributed by atoms with Crippen LogP contribution in [0.1, 0.15) is 18.5 Å². The second-order valence-corrected chi connectivity index (χ2v) is 4.36. The van der Waals surface area contributed by atoms with Gasteiger partial charge in [0, 0.05) is 20.3 Å². The van der Waals surface area contributed by atoms with Crippen LogP contribution in [-0.2, 0) is 0 Å². The Morgan fingerprint density at radius 2 is 2.28 bits per heavy atom. The number of nitrogens with one attached hydrogen (secondary N) is 1. The molecule has 0 radical (unpaired) electrons. The molecule has 0 aliphatic heterocycles. The summed E-state index contributed by atoms with van der Waals surface area (Å²) in [4.78, 5) is 15.6. The zero-order valence-electron chi connectivity index (χ0n) is 10.4. The normalized spacial score (nSPS) is 13.0. The number of hydrogen-bond acceptors (Lipinski definition) is 5. The molecule has 1 aromatic heterocycles. The van der Waals surface area contributed by atoms with Crippen molar-refractivity contribution >= 4 is 11.6 Å². The van der Waals surface area contributed by atoms with Gasteiger partial charge in [-0.3, -0.25) is 10.1 Å². The highest BCUT2D eigenvalue weighted by atomic mass is 35.5. The molecule has 0 aliphatic carbocycles. The summed E-state index contributed by atoms with van der Waals surface area (Å²) < 4.78 is 0. The second kappa shape index (κ2) is 6.20. The Hall–Kier alpha value is -1.82. The van der Waals surface area contributed by atoms with E-state index in [2.05, 4.69) is 10.3 Å². The molecule has 0 aliphatic rings. The molecular weight excluding hydrogens is 256 g/mol. The van der Waals surface area contributed by atoms with E-state index >= 15 is 0 Å². The predicted molar refractivity (Wildman–Crippen MR) is 69.6 cm³/mol. The van der Waals surface area contributed by atoms with Crippen molar-refractivity contribution in [3.05, 3.63) is 51.2 Å². The molecule has 7 heteroatoms. The average molecular weight is 271 g/mol. The Bertz CT molecular complexity index is 445. The fourth-order valence-electron chi connectivity index (χ4n) is 1.33. The predicted octanol–water partition coefficient (Wildman–Crippen LogP) is 2.02. The van der Waals surface area contributed by atoms with Gasteiger partial charge < -0.3 is 10.2 Å². The summed E-state index contributed by atoms with van der Waals surface area (Å²) in [5, 5.41) is 14.0. The highest BCUT2D eigenvalue weighted by Crippen LogP contribution is 2.15. The molecule has 1 aromatic rings. The molecule has 0 amide bonds. The molecule has 98 valence electrons. The Labute approximate surface area is 110 Å². The van der Waals surface area contributed by atoms with Crippen LogP contribution in [0.15, 0.2) is 30.4 Å². The lowest BCUT2D eigenvalue weighted by molar-refractivity contribution is -0.404. The lowest BCUT2D eigenvalue weighted by Crippen LogP contribution is -2.28. The fourth-order valence-corrected chi connectivity index (χ4v) is 1.44. The molecule has 1 N–H and O–H groups in total. The third-order valence-electron chi connectivity index (χ3n) is 2.32. The summed E-state index contributed by atoms with van der Waals surface area (Å²) in [7, 11) is 3.46. The molecule has 1 unspecified atom stereocenters. The first kappa shape index (κ1) is 14.2. The van der Waals surface area contributed by atoms with Crippen LogP contribution in [0.25, 0.3) is 0 Å². The Morgan fingerprint density at radius 1 is 1.61 bits per heavy atom. The molecule has 0 bridgehead atoms. The highest BCUT2D eigenvalue weighted by Gasteiger charge is 2.11. The maximum absolute atomic E-state index is 10.5. The van der Waals surface area contributed by atoms with Crippen molar-refractivity contribution in [1.82, 2.24) is 15.2 Å². The Morgan fingerprint density at radius 3 is 2.72 bits per heavy atom. The van der Waals surface area contributed by atoms with Crippen molar-refractivity contribution in [2.75, 3.05) is 14.1 Å². The minimum atomic E-state index is -0.491. The van der Waals surface area contributed by atoms with Crippen molar-refractivity contribution in [3.8, 4) is 0 Å². The molecule has 0 fully saturated rings. The van der Waals surface area contributed by atoms with Gasteiger partial charge in [-0.2, -0.15) is 0 Å². The highest BCUT2D eigenvalue weighted by molar-refractivity contribution is 6.29. The van der Waals surface area contributed by atoms with E-state index in [4.69, 9.17) is 11.6 Å². The molecule has 18 heavy (non-hydrogen) atoms. The van der Waals surface area contributed by atoms with Crippen LogP contribution in [-0.4, -0.2) is 28.9 Å². The zero-order chi connectivity index (χ0) is 13.7. The number of rotatable bonds is 5. The quantitative estimate of drug-likeness (QED) is 0.503. The number of nitro groups is 1. The van der Waals surface area contributed by atoms with E-state index in [9.17, 15) is 10.1 Å². The summed E-state index contributed by atoms with van der Waals surface area (Å²) >= 11 is 5.70. The van der Waals surface area contributed by atoms with Gasteiger partial charge in [0.15, 0.2) is 5.82 Å². The number of halogens is 1. The topological polar surface area (TPSA) is 71.3 Å². The monoisotopic (exact) mass is 270 g/mol. The van der Waals surface area contributed by atoms with Crippen molar-refractivity contribution in [1.29, 1.82) is 0 Å². The van der Waals surface area contributed by atoms with Crippen LogP contribution in [0.4, 0.5) is 0 Å². The molecule has 0 spiro atoms. The Kier molecular flexibility index (Phi) is 4.91. The molecule has 0 saturated carbocycles. The minimum Gasteiger partial charge on any atom is -0.360 e. The third kappa shape index (κ3) is 4.21. The standard InChI is InChI=1S/C11H15ClN4O2/c1-8(9-4-5-10(12)13-6-9)14-11(15(2)3)7-16(17)18/h4-8,14H,1-3H3. The van der Waals surface area contributed by atoms with E-state index in [0.717, 1.165) is 11.8 Å². The fraction of sp³-hybridized carbons (Fsp3) is 0.364. The van der Waals surface area contributed by atoms with Crippen molar-refractivity contribution in [3.63, 3.8) is 0 Å². The van der Waals surface area contributed by atoms with Crippen LogP contribution in [0.3, 0.4) is 0 Å². The first-order valence-corrected chi connectivity index (χ1v) is 5.68. The number of hydrogen-bond donors (Lipinski definition) is 1. The summed E-state index contributed by atoms with van der Waals surface area (Å²) in [6.45, 7) is 1.89. The van der Waals surface area contributed by atoms with E-state index in [-0.39, 0.29) is 6.04 Å². The summed E-state index contributed by atoms with van der Waals surface area (Å²) in [5.74, 6) is 0.419. The van der Waals surface area contributed by atoms with Gasteiger partial charge in [0.1, 0.15) is 5.15 Å². The van der Waals surface area contributed by atoms with Gasteiger partial charge in [0.05, 0.1) is 11.0 Å². The molecule has 1 rings (SSSR count). The summed E-state index contributed by atoms with van der Waals surface area (Å²) in [6.07, 6.45) is 2.57. The first-order valence-electron chi connectivity index (χ1n) is 5.30. The van der Waals surface area contributed by atoms with E-state index in [1.807, 2.05) is 13.0 Å². The van der Waals surface area contributed by atoms with Crippen LogP contribution in [0.5, 0.6) is 0 Å². The van der Waals surface area contributed by atoms with Gasteiger partial charge in [0.25, 0.3) is 6.20 Å². The van der Waals surface area contributed by atoms with Crippen LogP contribution >= 0.6 is 11.6 Å². The molecule has 0 saturated heterocycles. The van der Waals surface area contributed by atoms with Gasteiger partial charge >= 0.3 is 0 Å². The maximum Gasteiger partial charge on any atom is 0.274 e. The average Bonchev–Trinajstić information content (AvgIpc) is 2.28. The van der Waals surface area contributed by atoms with Crippen LogP contribution in [0, 0.1) is 10.1 Å². The minimum absolute atomic E-state index is 0.108. The van der Waals surface area contributed by atoms with E-state index < -0.39 is 4.92 Å². The third-order valence-corrected chi connectivity index (χ3v) is 2.55. The summed E-state index contributed by atoms with van der Waals surface area (Å²) in [5.41, 5.74) is 0.899. The number of aromatic nitrogens is 1. The van der Waals surface area contributed by atoms with Gasteiger partial charge in [0.2, 0.25) is 0 Å². The molecule has 6 nitrogen and oxygen atoms in total. The lowest BCUT2D eigenvalue weighted by Gasteiger charge is -2.21.